The SMILES string of the molecule is CN1CCN(COC(=O)N2CCC3=C(C2)C(=O)N(Cc2ccccc2)CN3C)CC1. The van der Waals surface area contributed by atoms with Crippen LogP contribution in [0.4, 0.5) is 4.79 Å². The van der Waals surface area contributed by atoms with E-state index >= 15 is 0 Å². The second-order valence-electron chi connectivity index (χ2n) is 8.39. The molecule has 1 aromatic rings. The van der Waals surface area contributed by atoms with Crippen LogP contribution in [0.3, 0.4) is 0 Å². The Kier molecular flexibility index (Phi) is 6.24. The second-order valence-corrected chi connectivity index (χ2v) is 8.39. The van der Waals surface area contributed by atoms with Crippen molar-refractivity contribution in [2.45, 2.75) is 13.0 Å². The summed E-state index contributed by atoms with van der Waals surface area (Å²) in [6.45, 7) is 6.10. The van der Waals surface area contributed by atoms with E-state index in [9.17, 15) is 9.59 Å². The smallest absolute Gasteiger partial charge is 0.411 e. The summed E-state index contributed by atoms with van der Waals surface area (Å²) in [5.74, 6) is 0.0171. The van der Waals surface area contributed by atoms with E-state index in [0.29, 0.717) is 45.0 Å². The number of rotatable bonds is 4. The van der Waals surface area contributed by atoms with E-state index in [1.807, 2.05) is 42.3 Å². The lowest BCUT2D eigenvalue weighted by Gasteiger charge is -2.42. The molecule has 2 amide bonds. The number of likely N-dealkylation sites (N-methyl/N-ethyl adjacent to an activating group) is 1. The van der Waals surface area contributed by atoms with Crippen molar-refractivity contribution in [1.82, 2.24) is 24.5 Å². The van der Waals surface area contributed by atoms with E-state index < -0.39 is 0 Å². The van der Waals surface area contributed by atoms with E-state index in [1.54, 1.807) is 4.90 Å². The molecule has 3 heterocycles. The molecule has 0 unspecified atom stereocenters. The van der Waals surface area contributed by atoms with Gasteiger partial charge in [0.1, 0.15) is 6.73 Å². The summed E-state index contributed by atoms with van der Waals surface area (Å²) in [4.78, 5) is 35.9. The Morgan fingerprint density at radius 1 is 1.03 bits per heavy atom. The molecule has 162 valence electrons. The van der Waals surface area contributed by atoms with Crippen molar-refractivity contribution in [3.05, 3.63) is 47.2 Å². The number of nitrogens with zero attached hydrogens (tertiary/aromatic N) is 5. The fourth-order valence-electron chi connectivity index (χ4n) is 4.26. The Balaban J connectivity index is 1.36. The van der Waals surface area contributed by atoms with Crippen LogP contribution in [-0.4, -0.2) is 103 Å². The minimum Gasteiger partial charge on any atom is -0.433 e. The number of ether oxygens (including phenoxy) is 1. The van der Waals surface area contributed by atoms with E-state index in [1.165, 1.54) is 0 Å². The van der Waals surface area contributed by atoms with Crippen LogP contribution < -0.4 is 0 Å². The van der Waals surface area contributed by atoms with Gasteiger partial charge in [-0.25, -0.2) is 4.79 Å². The van der Waals surface area contributed by atoms with Gasteiger partial charge in [0.2, 0.25) is 0 Å². The normalized spacial score (nSPS) is 21.1. The monoisotopic (exact) mass is 413 g/mol. The molecule has 1 saturated heterocycles. The lowest BCUT2D eigenvalue weighted by Crippen LogP contribution is -2.51. The molecule has 1 aromatic carbocycles. The lowest BCUT2D eigenvalue weighted by molar-refractivity contribution is -0.131. The topological polar surface area (TPSA) is 59.6 Å². The molecule has 1 fully saturated rings. The van der Waals surface area contributed by atoms with Gasteiger partial charge in [-0.05, 0) is 12.6 Å². The molecule has 0 saturated carbocycles. The molecule has 0 spiro atoms. The van der Waals surface area contributed by atoms with Crippen LogP contribution in [0.15, 0.2) is 41.6 Å². The quantitative estimate of drug-likeness (QED) is 0.740. The van der Waals surface area contributed by atoms with Crippen LogP contribution >= 0.6 is 0 Å². The van der Waals surface area contributed by atoms with Crippen LogP contribution in [0.1, 0.15) is 12.0 Å². The first-order valence-electron chi connectivity index (χ1n) is 10.6. The van der Waals surface area contributed by atoms with E-state index in [-0.39, 0.29) is 12.0 Å². The number of carbonyl (C=O) groups excluding carboxylic acids is 2. The van der Waals surface area contributed by atoms with Crippen molar-refractivity contribution < 1.29 is 14.3 Å². The molecular formula is C22H31N5O3. The zero-order chi connectivity index (χ0) is 21.1. The van der Waals surface area contributed by atoms with Gasteiger partial charge in [-0.1, -0.05) is 30.3 Å². The molecular weight excluding hydrogens is 382 g/mol. The summed E-state index contributed by atoms with van der Waals surface area (Å²) in [7, 11) is 4.11. The average molecular weight is 414 g/mol. The van der Waals surface area contributed by atoms with Crippen molar-refractivity contribution in [3.8, 4) is 0 Å². The minimum absolute atomic E-state index is 0.0171. The summed E-state index contributed by atoms with van der Waals surface area (Å²) in [5.41, 5.74) is 2.86. The predicted octanol–water partition coefficient (Wildman–Crippen LogP) is 1.22. The van der Waals surface area contributed by atoms with Crippen LogP contribution in [0.5, 0.6) is 0 Å². The number of carbonyl (C=O) groups is 2. The van der Waals surface area contributed by atoms with E-state index in [2.05, 4.69) is 21.7 Å². The average Bonchev–Trinajstić information content (AvgIpc) is 2.77. The van der Waals surface area contributed by atoms with Gasteiger partial charge in [0.15, 0.2) is 0 Å². The highest BCUT2D eigenvalue weighted by Gasteiger charge is 2.35. The molecule has 0 atom stereocenters. The maximum absolute atomic E-state index is 13.2. The van der Waals surface area contributed by atoms with Gasteiger partial charge < -0.3 is 24.3 Å². The van der Waals surface area contributed by atoms with Gasteiger partial charge in [0.25, 0.3) is 5.91 Å². The van der Waals surface area contributed by atoms with Crippen LogP contribution in [0, 0.1) is 0 Å². The third-order valence-electron chi connectivity index (χ3n) is 6.15. The highest BCUT2D eigenvalue weighted by molar-refractivity contribution is 5.96. The number of piperazine rings is 1. The molecule has 8 nitrogen and oxygen atoms in total. The largest absolute Gasteiger partial charge is 0.433 e. The van der Waals surface area contributed by atoms with Gasteiger partial charge in [-0.3, -0.25) is 9.69 Å². The fraction of sp³-hybridized carbons (Fsp3) is 0.545. The molecule has 0 bridgehead atoms. The highest BCUT2D eigenvalue weighted by atomic mass is 16.6. The first-order chi connectivity index (χ1) is 14.5. The third-order valence-corrected chi connectivity index (χ3v) is 6.15. The van der Waals surface area contributed by atoms with Crippen LogP contribution in [0.2, 0.25) is 0 Å². The summed E-state index contributed by atoms with van der Waals surface area (Å²) >= 11 is 0. The van der Waals surface area contributed by atoms with Crippen molar-refractivity contribution in [2.75, 3.05) is 66.8 Å². The maximum atomic E-state index is 13.2. The molecule has 3 aliphatic rings. The molecule has 0 radical (unpaired) electrons. The predicted molar refractivity (Wildman–Crippen MR) is 113 cm³/mol. The summed E-state index contributed by atoms with van der Waals surface area (Å²) in [6, 6.07) is 10.00. The molecule has 30 heavy (non-hydrogen) atoms. The van der Waals surface area contributed by atoms with Crippen LogP contribution in [0.25, 0.3) is 0 Å². The van der Waals surface area contributed by atoms with Crippen molar-refractivity contribution in [2.24, 2.45) is 0 Å². The minimum atomic E-state index is -0.337. The Morgan fingerprint density at radius 3 is 2.50 bits per heavy atom. The Labute approximate surface area is 178 Å². The summed E-state index contributed by atoms with van der Waals surface area (Å²) in [6.07, 6.45) is 0.344. The molecule has 0 N–H and O–H groups in total. The molecule has 3 aliphatic heterocycles. The van der Waals surface area contributed by atoms with Gasteiger partial charge >= 0.3 is 6.09 Å². The standard InChI is InChI=1S/C22H31N5O3/c1-23-10-12-25(13-11-23)17-30-22(29)26-9-8-20-19(15-26)21(28)27(16-24(20)2)14-18-6-4-3-5-7-18/h3-7H,8-17H2,1-2H3. The molecule has 0 aliphatic carbocycles. The fourth-order valence-corrected chi connectivity index (χ4v) is 4.26. The number of hydrogen-bond acceptors (Lipinski definition) is 6. The lowest BCUT2D eigenvalue weighted by atomic mass is 10.0. The first-order valence-corrected chi connectivity index (χ1v) is 10.6. The highest BCUT2D eigenvalue weighted by Crippen LogP contribution is 2.27. The van der Waals surface area contributed by atoms with Gasteiger partial charge in [0, 0.05) is 58.4 Å². The van der Waals surface area contributed by atoms with Gasteiger partial charge in [0.05, 0.1) is 18.8 Å². The van der Waals surface area contributed by atoms with E-state index in [4.69, 9.17) is 4.74 Å². The van der Waals surface area contributed by atoms with Crippen molar-refractivity contribution >= 4 is 12.0 Å². The number of hydrogen-bond donors (Lipinski definition) is 0. The Hall–Kier alpha value is -2.58. The Bertz CT molecular complexity index is 804. The molecule has 4 rings (SSSR count). The first kappa shape index (κ1) is 20.7. The van der Waals surface area contributed by atoms with E-state index in [0.717, 1.165) is 37.4 Å². The summed E-state index contributed by atoms with van der Waals surface area (Å²) < 4.78 is 5.55. The van der Waals surface area contributed by atoms with Crippen LogP contribution in [-0.2, 0) is 16.1 Å². The zero-order valence-corrected chi connectivity index (χ0v) is 17.9. The summed E-state index contributed by atoms with van der Waals surface area (Å²) in [5, 5.41) is 0. The molecule has 8 heteroatoms. The number of amides is 2. The second kappa shape index (κ2) is 9.06. The Morgan fingerprint density at radius 2 is 1.77 bits per heavy atom. The van der Waals surface area contributed by atoms with Crippen molar-refractivity contribution in [1.29, 1.82) is 0 Å². The maximum Gasteiger partial charge on any atom is 0.411 e. The molecule has 0 aromatic heterocycles. The zero-order valence-electron chi connectivity index (χ0n) is 17.9. The number of benzene rings is 1. The van der Waals surface area contributed by atoms with Gasteiger partial charge in [-0.15, -0.1) is 0 Å². The van der Waals surface area contributed by atoms with Gasteiger partial charge in [-0.2, -0.15) is 0 Å². The van der Waals surface area contributed by atoms with Crippen molar-refractivity contribution in [3.63, 3.8) is 0 Å². The third kappa shape index (κ3) is 4.60.